The molecule has 2 atom stereocenters. The van der Waals surface area contributed by atoms with Gasteiger partial charge in [-0.25, -0.2) is 5.48 Å². The Labute approximate surface area is 179 Å². The Bertz CT molecular complexity index is 1030. The quantitative estimate of drug-likeness (QED) is 0.301. The molecule has 1 aliphatic heterocycles. The van der Waals surface area contributed by atoms with Gasteiger partial charge >= 0.3 is 0 Å². The third kappa shape index (κ3) is 5.40. The number of rotatable bonds is 7. The first-order valence-corrected chi connectivity index (χ1v) is 10.0. The first kappa shape index (κ1) is 20.9. The Hall–Kier alpha value is -3.40. The van der Waals surface area contributed by atoms with Crippen LogP contribution in [0.3, 0.4) is 0 Å². The van der Waals surface area contributed by atoms with Gasteiger partial charge in [0.15, 0.2) is 0 Å². The zero-order valence-electron chi connectivity index (χ0n) is 16.9. The average Bonchev–Trinajstić information content (AvgIpc) is 3.40. The van der Waals surface area contributed by atoms with Crippen molar-refractivity contribution in [3.8, 4) is 11.3 Å². The number of benzene rings is 1. The van der Waals surface area contributed by atoms with E-state index in [0.29, 0.717) is 26.1 Å². The number of carbonyl (C=O) groups excluding carboxylic acids is 1. The summed E-state index contributed by atoms with van der Waals surface area (Å²) in [5.41, 5.74) is 5.22. The van der Waals surface area contributed by atoms with Crippen molar-refractivity contribution in [1.82, 2.24) is 30.4 Å². The van der Waals surface area contributed by atoms with Crippen molar-refractivity contribution >= 4 is 12.0 Å². The van der Waals surface area contributed by atoms with Gasteiger partial charge in [0, 0.05) is 43.2 Å². The number of hydrogen-bond donors (Lipinski definition) is 3. The third-order valence-electron chi connectivity index (χ3n) is 5.30. The number of hydroxylamine groups is 1. The van der Waals surface area contributed by atoms with Crippen molar-refractivity contribution in [1.29, 1.82) is 0 Å². The molecule has 2 unspecified atom stereocenters. The zero-order chi connectivity index (χ0) is 21.6. The Balaban J connectivity index is 1.40. The van der Waals surface area contributed by atoms with Crippen LogP contribution in [0.2, 0.25) is 0 Å². The molecule has 1 fully saturated rings. The summed E-state index contributed by atoms with van der Waals surface area (Å²) in [6.07, 6.45) is 8.59. The van der Waals surface area contributed by atoms with Gasteiger partial charge in [-0.15, -0.1) is 5.10 Å². The molecule has 1 aromatic carbocycles. The van der Waals surface area contributed by atoms with Gasteiger partial charge in [-0.2, -0.15) is 0 Å². The molecule has 0 aliphatic carbocycles. The lowest BCUT2D eigenvalue weighted by Crippen LogP contribution is -2.32. The van der Waals surface area contributed by atoms with Crippen LogP contribution in [0.25, 0.3) is 17.3 Å². The van der Waals surface area contributed by atoms with Gasteiger partial charge in [0.05, 0.1) is 18.8 Å². The monoisotopic (exact) mass is 420 g/mol. The van der Waals surface area contributed by atoms with Crippen LogP contribution in [-0.4, -0.2) is 59.8 Å². The molecule has 0 radical (unpaired) electrons. The summed E-state index contributed by atoms with van der Waals surface area (Å²) in [5, 5.41) is 27.3. The fraction of sp³-hybridized carbons (Fsp3) is 0.273. The third-order valence-corrected chi connectivity index (χ3v) is 5.30. The summed E-state index contributed by atoms with van der Waals surface area (Å²) in [5.74, 6) is -0.572. The molecule has 1 aliphatic rings. The highest BCUT2D eigenvalue weighted by Gasteiger charge is 2.31. The van der Waals surface area contributed by atoms with E-state index in [4.69, 9.17) is 5.21 Å². The summed E-state index contributed by atoms with van der Waals surface area (Å²) >= 11 is 0. The fourth-order valence-corrected chi connectivity index (χ4v) is 3.77. The molecule has 3 N–H and O–H groups in total. The zero-order valence-corrected chi connectivity index (χ0v) is 16.9. The summed E-state index contributed by atoms with van der Waals surface area (Å²) in [6.45, 7) is 1.95. The molecule has 31 heavy (non-hydrogen) atoms. The Morgan fingerprint density at radius 2 is 2.10 bits per heavy atom. The second-order valence-corrected chi connectivity index (χ2v) is 7.59. The van der Waals surface area contributed by atoms with Crippen LogP contribution < -0.4 is 5.48 Å². The van der Waals surface area contributed by atoms with Crippen molar-refractivity contribution in [2.75, 3.05) is 6.54 Å². The molecule has 9 heteroatoms. The lowest BCUT2D eigenvalue weighted by molar-refractivity contribution is -0.124. The van der Waals surface area contributed by atoms with Gasteiger partial charge in [0.1, 0.15) is 5.69 Å². The number of nitrogens with one attached hydrogen (secondary N) is 1. The molecule has 0 saturated carbocycles. The number of carbonyl (C=O) groups is 1. The first-order chi connectivity index (χ1) is 15.1. The number of nitrogens with zero attached hydrogens (tertiary/aromatic N) is 5. The minimum Gasteiger partial charge on any atom is -0.392 e. The van der Waals surface area contributed by atoms with Crippen LogP contribution in [-0.2, 0) is 17.9 Å². The highest BCUT2D eigenvalue weighted by Crippen LogP contribution is 2.23. The van der Waals surface area contributed by atoms with Crippen LogP contribution >= 0.6 is 0 Å². The number of likely N-dealkylation sites (tertiary alicyclic amines) is 1. The van der Waals surface area contributed by atoms with E-state index in [-0.39, 0.29) is 12.1 Å². The second kappa shape index (κ2) is 9.61. The molecule has 0 spiro atoms. The van der Waals surface area contributed by atoms with Crippen molar-refractivity contribution in [2.24, 2.45) is 0 Å². The lowest BCUT2D eigenvalue weighted by atomic mass is 10.1. The maximum absolute atomic E-state index is 11.1. The van der Waals surface area contributed by atoms with Crippen LogP contribution in [0.5, 0.6) is 0 Å². The van der Waals surface area contributed by atoms with E-state index < -0.39 is 5.91 Å². The van der Waals surface area contributed by atoms with Crippen molar-refractivity contribution < 1.29 is 15.1 Å². The summed E-state index contributed by atoms with van der Waals surface area (Å²) in [6, 6.07) is 11.8. The molecular formula is C22H24N6O3. The normalized spacial score (nSPS) is 19.2. The van der Waals surface area contributed by atoms with Gasteiger partial charge < -0.3 is 5.11 Å². The number of β-amino-alcohol motifs (C(OH)–C–C–N with tert-alkyl or cyclic N) is 1. The summed E-state index contributed by atoms with van der Waals surface area (Å²) in [4.78, 5) is 17.5. The van der Waals surface area contributed by atoms with Crippen molar-refractivity contribution in [3.63, 3.8) is 0 Å². The Kier molecular flexibility index (Phi) is 6.46. The standard InChI is InChI=1S/C22H24N6O3/c29-20-10-19(13-28-15-21(24-26-28)18-2-1-9-23-11-18)27(14-20)12-17-5-3-16(4-6-17)7-8-22(30)25-31/h1-9,11,15,19-20,29,31H,10,12-14H2,(H,25,30). The largest absolute Gasteiger partial charge is 0.392 e. The van der Waals surface area contributed by atoms with Crippen molar-refractivity contribution in [3.05, 3.63) is 72.2 Å². The van der Waals surface area contributed by atoms with E-state index in [1.54, 1.807) is 23.9 Å². The highest BCUT2D eigenvalue weighted by molar-refractivity contribution is 5.90. The molecular weight excluding hydrogens is 396 g/mol. The SMILES string of the molecule is O=C(C=Cc1ccc(CN2CC(O)CC2Cn2cc(-c3cccnc3)nn2)cc1)NO. The molecule has 4 rings (SSSR count). The van der Waals surface area contributed by atoms with Gasteiger partial charge in [-0.3, -0.25) is 24.6 Å². The van der Waals surface area contributed by atoms with E-state index in [9.17, 15) is 9.90 Å². The van der Waals surface area contributed by atoms with E-state index in [0.717, 1.165) is 22.4 Å². The molecule has 0 bridgehead atoms. The fourth-order valence-electron chi connectivity index (χ4n) is 3.77. The molecule has 2 aromatic heterocycles. The highest BCUT2D eigenvalue weighted by atomic mass is 16.5. The maximum Gasteiger partial charge on any atom is 0.267 e. The molecule has 1 saturated heterocycles. The van der Waals surface area contributed by atoms with Crippen LogP contribution in [0, 0.1) is 0 Å². The molecule has 3 aromatic rings. The first-order valence-electron chi connectivity index (χ1n) is 10.0. The Morgan fingerprint density at radius 3 is 2.84 bits per heavy atom. The van der Waals surface area contributed by atoms with E-state index in [2.05, 4.69) is 20.2 Å². The van der Waals surface area contributed by atoms with Gasteiger partial charge in [-0.1, -0.05) is 29.5 Å². The predicted octanol–water partition coefficient (Wildman–Crippen LogP) is 1.49. The number of aliphatic hydroxyl groups excluding tert-OH is 1. The number of hydrogen-bond acceptors (Lipinski definition) is 7. The van der Waals surface area contributed by atoms with Crippen LogP contribution in [0.15, 0.2) is 61.1 Å². The number of aromatic nitrogens is 4. The van der Waals surface area contributed by atoms with Gasteiger partial charge in [-0.05, 0) is 35.8 Å². The molecule has 9 nitrogen and oxygen atoms in total. The predicted molar refractivity (Wildman–Crippen MR) is 113 cm³/mol. The maximum atomic E-state index is 11.1. The lowest BCUT2D eigenvalue weighted by Gasteiger charge is -2.24. The number of amides is 1. The smallest absolute Gasteiger partial charge is 0.267 e. The number of aliphatic hydroxyl groups is 1. The Morgan fingerprint density at radius 1 is 1.26 bits per heavy atom. The second-order valence-electron chi connectivity index (χ2n) is 7.59. The van der Waals surface area contributed by atoms with E-state index in [1.807, 2.05) is 47.3 Å². The minimum absolute atomic E-state index is 0.145. The van der Waals surface area contributed by atoms with E-state index >= 15 is 0 Å². The van der Waals surface area contributed by atoms with Crippen molar-refractivity contribution in [2.45, 2.75) is 31.7 Å². The number of pyridine rings is 1. The van der Waals surface area contributed by atoms with Crippen LogP contribution in [0.1, 0.15) is 17.5 Å². The minimum atomic E-state index is -0.572. The van der Waals surface area contributed by atoms with Gasteiger partial charge in [0.2, 0.25) is 0 Å². The summed E-state index contributed by atoms with van der Waals surface area (Å²) in [7, 11) is 0. The topological polar surface area (TPSA) is 116 Å². The molecule has 3 heterocycles. The average molecular weight is 420 g/mol. The molecule has 160 valence electrons. The van der Waals surface area contributed by atoms with Crippen LogP contribution in [0.4, 0.5) is 0 Å². The summed E-state index contributed by atoms with van der Waals surface area (Å²) < 4.78 is 1.82. The van der Waals surface area contributed by atoms with E-state index in [1.165, 1.54) is 6.08 Å². The van der Waals surface area contributed by atoms with Gasteiger partial charge in [0.25, 0.3) is 5.91 Å². The molecule has 1 amide bonds.